The predicted molar refractivity (Wildman–Crippen MR) is 86.2 cm³/mol. The first-order valence-corrected chi connectivity index (χ1v) is 8.31. The van der Waals surface area contributed by atoms with Gasteiger partial charge in [-0.3, -0.25) is 4.90 Å². The Morgan fingerprint density at radius 3 is 2.82 bits per heavy atom. The largest absolute Gasteiger partial charge is 0.504 e. The summed E-state index contributed by atoms with van der Waals surface area (Å²) in [5.74, 6) is 1.73. The highest BCUT2D eigenvalue weighted by molar-refractivity contribution is 5.48. The Balaban J connectivity index is 1.86. The number of phenols is 1. The Kier molecular flexibility index (Phi) is 4.33. The van der Waals surface area contributed by atoms with E-state index in [2.05, 4.69) is 18.7 Å². The third-order valence-electron chi connectivity index (χ3n) is 5.16. The molecule has 1 unspecified atom stereocenters. The first-order valence-electron chi connectivity index (χ1n) is 8.31. The first-order chi connectivity index (χ1) is 10.5. The number of aliphatic hydroxyl groups is 1. The van der Waals surface area contributed by atoms with Gasteiger partial charge >= 0.3 is 0 Å². The summed E-state index contributed by atoms with van der Waals surface area (Å²) in [7, 11) is 1.58. The molecule has 1 aromatic rings. The number of fused-ring (bicyclic) bond motifs is 3. The number of hydrogen-bond donors (Lipinski definition) is 2. The van der Waals surface area contributed by atoms with Crippen LogP contribution in [-0.2, 0) is 6.42 Å². The van der Waals surface area contributed by atoms with E-state index in [0.29, 0.717) is 17.6 Å². The molecular weight excluding hydrogens is 278 g/mol. The van der Waals surface area contributed by atoms with Crippen molar-refractivity contribution in [3.05, 3.63) is 23.3 Å². The molecule has 2 aliphatic heterocycles. The number of ether oxygens (including phenoxy) is 1. The highest BCUT2D eigenvalue weighted by Crippen LogP contribution is 2.43. The SMILES string of the molecule is COc1cc2c(cc1O)CCN1C[C@@H](CC(C)C)[C@H](O)CC21. The average molecular weight is 305 g/mol. The van der Waals surface area contributed by atoms with Gasteiger partial charge in [-0.2, -0.15) is 0 Å². The van der Waals surface area contributed by atoms with E-state index in [1.807, 2.05) is 12.1 Å². The minimum absolute atomic E-state index is 0.212. The van der Waals surface area contributed by atoms with E-state index in [1.165, 1.54) is 11.1 Å². The van der Waals surface area contributed by atoms with Crippen LogP contribution in [0.2, 0.25) is 0 Å². The molecule has 0 saturated carbocycles. The van der Waals surface area contributed by atoms with E-state index in [-0.39, 0.29) is 17.9 Å². The fourth-order valence-electron chi connectivity index (χ4n) is 4.11. The summed E-state index contributed by atoms with van der Waals surface area (Å²) in [5.41, 5.74) is 2.40. The van der Waals surface area contributed by atoms with Crippen molar-refractivity contribution in [1.29, 1.82) is 0 Å². The number of aromatic hydroxyl groups is 1. The van der Waals surface area contributed by atoms with Crippen molar-refractivity contribution < 1.29 is 14.9 Å². The Labute approximate surface area is 132 Å². The standard InChI is InChI=1S/C18H27NO3/c1-11(2)6-13-10-19-5-4-12-7-17(21)18(22-3)8-14(12)15(19)9-16(13)20/h7-8,11,13,15-16,20-21H,4-6,9-10H2,1-3H3/t13-,15?,16-/m1/s1. The van der Waals surface area contributed by atoms with Crippen LogP contribution < -0.4 is 4.74 Å². The number of nitrogens with zero attached hydrogens (tertiary/aromatic N) is 1. The van der Waals surface area contributed by atoms with Crippen molar-refractivity contribution in [2.75, 3.05) is 20.2 Å². The zero-order valence-electron chi connectivity index (χ0n) is 13.7. The van der Waals surface area contributed by atoms with Gasteiger partial charge in [0, 0.05) is 19.1 Å². The Morgan fingerprint density at radius 1 is 1.36 bits per heavy atom. The average Bonchev–Trinajstić information content (AvgIpc) is 2.47. The lowest BCUT2D eigenvalue weighted by Crippen LogP contribution is -2.48. The molecule has 0 amide bonds. The van der Waals surface area contributed by atoms with E-state index in [1.54, 1.807) is 7.11 Å². The summed E-state index contributed by atoms with van der Waals surface area (Å²) in [6, 6.07) is 4.03. The van der Waals surface area contributed by atoms with Crippen LogP contribution in [0, 0.1) is 11.8 Å². The molecule has 1 saturated heterocycles. The molecular formula is C18H27NO3. The summed E-state index contributed by atoms with van der Waals surface area (Å²) in [5, 5.41) is 20.5. The predicted octanol–water partition coefficient (Wildman–Crippen LogP) is 2.73. The van der Waals surface area contributed by atoms with Crippen molar-refractivity contribution in [2.24, 2.45) is 11.8 Å². The van der Waals surface area contributed by atoms with Crippen LogP contribution in [0.15, 0.2) is 12.1 Å². The normalized spacial score (nSPS) is 28.3. The maximum atomic E-state index is 10.6. The van der Waals surface area contributed by atoms with Crippen molar-refractivity contribution in [3.63, 3.8) is 0 Å². The molecule has 4 heteroatoms. The van der Waals surface area contributed by atoms with Gasteiger partial charge in [0.2, 0.25) is 0 Å². The molecule has 4 nitrogen and oxygen atoms in total. The smallest absolute Gasteiger partial charge is 0.160 e. The fourth-order valence-corrected chi connectivity index (χ4v) is 4.11. The second-order valence-electron chi connectivity index (χ2n) is 7.18. The van der Waals surface area contributed by atoms with Gasteiger partial charge in [-0.05, 0) is 54.4 Å². The molecule has 0 spiro atoms. The third-order valence-corrected chi connectivity index (χ3v) is 5.16. The van der Waals surface area contributed by atoms with Crippen LogP contribution in [0.25, 0.3) is 0 Å². The van der Waals surface area contributed by atoms with Gasteiger partial charge in [-0.25, -0.2) is 0 Å². The van der Waals surface area contributed by atoms with Crippen LogP contribution in [0.3, 0.4) is 0 Å². The van der Waals surface area contributed by atoms with Crippen LogP contribution in [0.4, 0.5) is 0 Å². The minimum atomic E-state index is -0.241. The molecule has 22 heavy (non-hydrogen) atoms. The van der Waals surface area contributed by atoms with E-state index >= 15 is 0 Å². The summed E-state index contributed by atoms with van der Waals surface area (Å²) in [6.07, 6.45) is 2.57. The zero-order valence-corrected chi connectivity index (χ0v) is 13.7. The second-order valence-corrected chi connectivity index (χ2v) is 7.18. The highest BCUT2D eigenvalue weighted by Gasteiger charge is 2.38. The first kappa shape index (κ1) is 15.6. The van der Waals surface area contributed by atoms with Crippen molar-refractivity contribution >= 4 is 0 Å². The van der Waals surface area contributed by atoms with Gasteiger partial charge in [0.25, 0.3) is 0 Å². The minimum Gasteiger partial charge on any atom is -0.504 e. The van der Waals surface area contributed by atoms with E-state index in [4.69, 9.17) is 4.74 Å². The van der Waals surface area contributed by atoms with Gasteiger partial charge in [0.15, 0.2) is 11.5 Å². The van der Waals surface area contributed by atoms with Gasteiger partial charge < -0.3 is 14.9 Å². The highest BCUT2D eigenvalue weighted by atomic mass is 16.5. The van der Waals surface area contributed by atoms with Gasteiger partial charge in [-0.1, -0.05) is 13.8 Å². The molecule has 1 fully saturated rings. The van der Waals surface area contributed by atoms with Gasteiger partial charge in [-0.15, -0.1) is 0 Å². The molecule has 2 aliphatic rings. The van der Waals surface area contributed by atoms with Crippen LogP contribution >= 0.6 is 0 Å². The Bertz CT molecular complexity index is 543. The molecule has 1 aromatic carbocycles. The van der Waals surface area contributed by atoms with Crippen molar-refractivity contribution in [2.45, 2.75) is 45.3 Å². The van der Waals surface area contributed by atoms with Gasteiger partial charge in [0.1, 0.15) is 0 Å². The quantitative estimate of drug-likeness (QED) is 0.901. The lowest BCUT2D eigenvalue weighted by molar-refractivity contribution is -0.0191. The Hall–Kier alpha value is -1.26. The topological polar surface area (TPSA) is 52.9 Å². The van der Waals surface area contributed by atoms with E-state index in [0.717, 1.165) is 32.4 Å². The third kappa shape index (κ3) is 2.82. The van der Waals surface area contributed by atoms with Crippen LogP contribution in [0.1, 0.15) is 43.9 Å². The molecule has 0 aliphatic carbocycles. The van der Waals surface area contributed by atoms with Crippen LogP contribution in [0.5, 0.6) is 11.5 Å². The summed E-state index contributed by atoms with van der Waals surface area (Å²) >= 11 is 0. The lowest BCUT2D eigenvalue weighted by Gasteiger charge is -2.46. The number of piperidine rings is 1. The fraction of sp³-hybridized carbons (Fsp3) is 0.667. The molecule has 2 N–H and O–H groups in total. The number of aliphatic hydroxyl groups excluding tert-OH is 1. The molecule has 3 rings (SSSR count). The number of phenolic OH excluding ortho intramolecular Hbond substituents is 1. The summed E-state index contributed by atoms with van der Waals surface area (Å²) < 4.78 is 5.26. The summed E-state index contributed by atoms with van der Waals surface area (Å²) in [6.45, 7) is 6.41. The van der Waals surface area contributed by atoms with E-state index in [9.17, 15) is 10.2 Å². The maximum Gasteiger partial charge on any atom is 0.160 e. The van der Waals surface area contributed by atoms with Crippen molar-refractivity contribution in [3.8, 4) is 11.5 Å². The monoisotopic (exact) mass is 305 g/mol. The number of hydrogen-bond acceptors (Lipinski definition) is 4. The van der Waals surface area contributed by atoms with Crippen molar-refractivity contribution in [1.82, 2.24) is 4.90 Å². The van der Waals surface area contributed by atoms with E-state index < -0.39 is 0 Å². The number of methoxy groups -OCH3 is 1. The molecule has 0 bridgehead atoms. The summed E-state index contributed by atoms with van der Waals surface area (Å²) in [4.78, 5) is 2.50. The van der Waals surface area contributed by atoms with Crippen LogP contribution in [-0.4, -0.2) is 41.4 Å². The Morgan fingerprint density at radius 2 is 2.14 bits per heavy atom. The lowest BCUT2D eigenvalue weighted by atomic mass is 9.79. The molecule has 122 valence electrons. The number of rotatable bonds is 3. The molecule has 3 atom stereocenters. The molecule has 0 aromatic heterocycles. The second kappa shape index (κ2) is 6.09. The molecule has 2 heterocycles. The molecule has 0 radical (unpaired) electrons. The number of benzene rings is 1. The zero-order chi connectivity index (χ0) is 15.9. The van der Waals surface area contributed by atoms with Gasteiger partial charge in [0.05, 0.1) is 13.2 Å². The maximum absolute atomic E-state index is 10.6.